The molecule has 5 aliphatic rings. The Morgan fingerprint density at radius 2 is 1.30 bits per heavy atom. The highest BCUT2D eigenvalue weighted by Crippen LogP contribution is 2.45. The van der Waals surface area contributed by atoms with E-state index in [9.17, 15) is 19.2 Å². The van der Waals surface area contributed by atoms with Gasteiger partial charge in [0.05, 0.1) is 49.7 Å². The number of unbranched alkanes of at least 4 members (excludes halogenated alkanes) is 2. The Labute approximate surface area is 398 Å². The zero-order valence-corrected chi connectivity index (χ0v) is 39.8. The summed E-state index contributed by atoms with van der Waals surface area (Å²) in [7, 11) is 2.12. The van der Waals surface area contributed by atoms with Gasteiger partial charge in [0.1, 0.15) is 24.6 Å². The van der Waals surface area contributed by atoms with Crippen molar-refractivity contribution in [3.8, 4) is 22.6 Å². The highest BCUT2D eigenvalue weighted by atomic mass is 32.2. The van der Waals surface area contributed by atoms with E-state index in [1.807, 2.05) is 42.0 Å². The van der Waals surface area contributed by atoms with Gasteiger partial charge >= 0.3 is 12.1 Å². The van der Waals surface area contributed by atoms with Gasteiger partial charge in [-0.25, -0.2) is 9.59 Å². The molecule has 6 amide bonds. The molecule has 7 heterocycles. The van der Waals surface area contributed by atoms with Gasteiger partial charge in [0.15, 0.2) is 11.5 Å². The molecule has 0 aliphatic carbocycles. The molecule has 6 N–H and O–H groups in total. The van der Waals surface area contributed by atoms with Crippen molar-refractivity contribution in [1.82, 2.24) is 61.9 Å². The minimum atomic E-state index is -0.0742. The molecule has 0 radical (unpaired) electrons. The lowest BCUT2D eigenvalue weighted by molar-refractivity contribution is -0.122. The van der Waals surface area contributed by atoms with Crippen LogP contribution in [0.1, 0.15) is 80.8 Å². The number of para-hydroxylation sites is 1. The Morgan fingerprint density at radius 3 is 1.85 bits per heavy atom. The molecular formula is C46H61N13O6S2. The number of hydrogen-bond acceptors (Lipinski definition) is 13. The van der Waals surface area contributed by atoms with Crippen LogP contribution in [0.2, 0.25) is 0 Å². The number of amides is 6. The van der Waals surface area contributed by atoms with Gasteiger partial charge in [0, 0.05) is 72.8 Å². The monoisotopic (exact) mass is 955 g/mol. The predicted octanol–water partition coefficient (Wildman–Crippen LogP) is 3.89. The van der Waals surface area contributed by atoms with Gasteiger partial charge in [-0.1, -0.05) is 48.4 Å². The van der Waals surface area contributed by atoms with Crippen LogP contribution in [0.5, 0.6) is 11.5 Å². The number of aryl methyl sites for hydroxylation is 1. The number of benzene rings is 2. The molecule has 19 nitrogen and oxygen atoms in total. The zero-order valence-electron chi connectivity index (χ0n) is 38.1. The maximum atomic E-state index is 12.6. The van der Waals surface area contributed by atoms with E-state index in [0.29, 0.717) is 79.0 Å². The number of nitrogens with one attached hydrogen (secondary N) is 6. The van der Waals surface area contributed by atoms with Crippen LogP contribution in [0.3, 0.4) is 0 Å². The van der Waals surface area contributed by atoms with Crippen LogP contribution in [0.25, 0.3) is 11.1 Å². The number of carbonyl (C=O) groups is 4. The molecule has 5 aliphatic heterocycles. The lowest BCUT2D eigenvalue weighted by atomic mass is 9.90. The largest absolute Gasteiger partial charge is 0.483 e. The van der Waals surface area contributed by atoms with E-state index in [1.165, 1.54) is 11.3 Å². The fraction of sp³-hybridized carbons (Fsp3) is 0.565. The summed E-state index contributed by atoms with van der Waals surface area (Å²) in [5.41, 5.74) is 7.13. The minimum Gasteiger partial charge on any atom is -0.483 e. The van der Waals surface area contributed by atoms with Gasteiger partial charge in [-0.05, 0) is 60.9 Å². The van der Waals surface area contributed by atoms with Gasteiger partial charge in [0.2, 0.25) is 11.8 Å². The number of nitrogens with zero attached hydrogens (tertiary/aromatic N) is 7. The number of rotatable bonds is 23. The van der Waals surface area contributed by atoms with Gasteiger partial charge in [-0.15, -0.1) is 10.2 Å². The first-order chi connectivity index (χ1) is 32.7. The topological polar surface area (TPSA) is 224 Å². The average Bonchev–Trinajstić information content (AvgIpc) is 4.19. The first-order valence-electron chi connectivity index (χ1n) is 23.6. The summed E-state index contributed by atoms with van der Waals surface area (Å²) in [6, 6.07) is 11.2. The van der Waals surface area contributed by atoms with Crippen LogP contribution in [-0.4, -0.2) is 120 Å². The fourth-order valence-corrected chi connectivity index (χ4v) is 12.9. The maximum absolute atomic E-state index is 12.6. The first kappa shape index (κ1) is 46.4. The van der Waals surface area contributed by atoms with E-state index in [1.54, 1.807) is 9.36 Å². The summed E-state index contributed by atoms with van der Waals surface area (Å²) in [4.78, 5) is 50.8. The lowest BCUT2D eigenvalue weighted by Gasteiger charge is -2.32. The molecule has 0 unspecified atom stereocenters. The highest BCUT2D eigenvalue weighted by Gasteiger charge is 2.43. The van der Waals surface area contributed by atoms with Gasteiger partial charge in [-0.2, -0.15) is 23.5 Å². The van der Waals surface area contributed by atoms with Crippen molar-refractivity contribution >= 4 is 53.1 Å². The summed E-state index contributed by atoms with van der Waals surface area (Å²) >= 11 is 3.79. The molecule has 4 fully saturated rings. The Hall–Kier alpha value is -5.70. The maximum Gasteiger partial charge on any atom is 0.315 e. The molecule has 9 rings (SSSR count). The minimum absolute atomic E-state index is 0.0114. The van der Waals surface area contributed by atoms with Crippen LogP contribution in [-0.2, 0) is 48.9 Å². The van der Waals surface area contributed by atoms with Crippen LogP contribution < -0.4 is 46.3 Å². The second-order valence-electron chi connectivity index (χ2n) is 17.9. The molecule has 358 valence electrons. The van der Waals surface area contributed by atoms with E-state index in [-0.39, 0.29) is 61.3 Å². The summed E-state index contributed by atoms with van der Waals surface area (Å²) < 4.78 is 16.3. The van der Waals surface area contributed by atoms with Gasteiger partial charge in [0.25, 0.3) is 0 Å². The second kappa shape index (κ2) is 21.5. The SMILES string of the molecule is CCc1cccc2c1N(C)Cc1cc(OCc3cn(CCNC(=O)CCCC[C@@H]4SC[C@@H]5NC(=O)N[C@@H]54)nn3)c(OCc3cn(CCNC(=O)CCCC[C@@H]4SC[C@@H]5NC(=O)N[C@@H]54)nn3)cc1-2. The van der Waals surface area contributed by atoms with Crippen molar-refractivity contribution in [1.29, 1.82) is 0 Å². The molecule has 2 aromatic heterocycles. The van der Waals surface area contributed by atoms with Crippen molar-refractivity contribution in [2.24, 2.45) is 0 Å². The van der Waals surface area contributed by atoms with E-state index in [4.69, 9.17) is 9.47 Å². The number of carbonyl (C=O) groups excluding carboxylic acids is 4. The summed E-state index contributed by atoms with van der Waals surface area (Å²) in [5, 5.41) is 36.1. The van der Waals surface area contributed by atoms with E-state index in [0.717, 1.165) is 73.1 Å². The van der Waals surface area contributed by atoms with Gasteiger partial charge < -0.3 is 46.3 Å². The molecule has 4 saturated heterocycles. The third-order valence-corrected chi connectivity index (χ3v) is 16.2. The van der Waals surface area contributed by atoms with Gasteiger partial charge in [-0.3, -0.25) is 19.0 Å². The summed E-state index contributed by atoms with van der Waals surface area (Å²) in [6.07, 6.45) is 10.9. The number of ether oxygens (including phenoxy) is 2. The standard InChI is InChI=1S/C46H61N13O6S2/c1-3-28-9-8-10-32-33-20-37(65-25-31-23-59(56-54-31)18-16-48-41(61)14-7-5-12-39-43-35(27-67-39)50-46(63)52-43)36(19-29(33)21-57(2)44(28)32)64-24-30-22-58(55-53-30)17-15-47-40(60)13-6-4-11-38-42-34(26-66-38)49-45(62)51-42/h8-10,19-20,22-23,34-35,38-39,42-43H,3-7,11-18,21,24-27H2,1-2H3,(H,47,60)(H,48,61)(H2,49,51,62)(H2,50,52,63)/t34-,35-,38-,39-,42-,43-/m0/s1. The number of urea groups is 2. The Kier molecular flexibility index (Phi) is 14.9. The Morgan fingerprint density at radius 1 is 0.746 bits per heavy atom. The highest BCUT2D eigenvalue weighted by molar-refractivity contribution is 8.00. The fourth-order valence-electron chi connectivity index (χ4n) is 9.76. The van der Waals surface area contributed by atoms with Crippen LogP contribution in [0.15, 0.2) is 42.7 Å². The average molecular weight is 956 g/mol. The third kappa shape index (κ3) is 11.4. The number of fused-ring (bicyclic) bond motifs is 5. The number of anilines is 1. The Bertz CT molecular complexity index is 2410. The number of thioether (sulfide) groups is 2. The smallest absolute Gasteiger partial charge is 0.315 e. The lowest BCUT2D eigenvalue weighted by Crippen LogP contribution is -2.36. The van der Waals surface area contributed by atoms with Crippen LogP contribution in [0.4, 0.5) is 15.3 Å². The molecule has 6 atom stereocenters. The molecule has 0 saturated carbocycles. The third-order valence-electron chi connectivity index (χ3n) is 13.2. The number of hydrogen-bond donors (Lipinski definition) is 6. The van der Waals surface area contributed by atoms with Crippen LogP contribution >= 0.6 is 23.5 Å². The predicted molar refractivity (Wildman–Crippen MR) is 256 cm³/mol. The van der Waals surface area contributed by atoms with Crippen LogP contribution in [0, 0.1) is 0 Å². The molecule has 0 bridgehead atoms. The molecule has 21 heteroatoms. The zero-order chi connectivity index (χ0) is 46.3. The quantitative estimate of drug-likeness (QED) is 0.0460. The summed E-state index contributed by atoms with van der Waals surface area (Å²) in [5.74, 6) is 3.04. The molecule has 0 spiro atoms. The van der Waals surface area contributed by atoms with Crippen molar-refractivity contribution in [2.45, 2.75) is 132 Å². The van der Waals surface area contributed by atoms with Crippen molar-refractivity contribution < 1.29 is 28.7 Å². The molecule has 4 aromatic rings. The van der Waals surface area contributed by atoms with Crippen molar-refractivity contribution in [2.75, 3.05) is 36.5 Å². The van der Waals surface area contributed by atoms with E-state index < -0.39 is 0 Å². The van der Waals surface area contributed by atoms with Crippen molar-refractivity contribution in [3.05, 3.63) is 65.2 Å². The Balaban J connectivity index is 0.744. The molecule has 67 heavy (non-hydrogen) atoms. The molecule has 2 aromatic carbocycles. The first-order valence-corrected chi connectivity index (χ1v) is 25.7. The van der Waals surface area contributed by atoms with E-state index in [2.05, 4.69) is 95.7 Å². The van der Waals surface area contributed by atoms with Crippen molar-refractivity contribution in [3.63, 3.8) is 0 Å². The molecular weight excluding hydrogens is 895 g/mol. The second-order valence-corrected chi connectivity index (χ2v) is 20.5. The normalized spacial score (nSPS) is 22.2. The van der Waals surface area contributed by atoms with E-state index >= 15 is 0 Å². The summed E-state index contributed by atoms with van der Waals surface area (Å²) in [6.45, 7) is 5.01. The number of aromatic nitrogens is 6.